The molecule has 1 unspecified atom stereocenters. The van der Waals surface area contributed by atoms with Gasteiger partial charge in [-0.2, -0.15) is 0 Å². The quantitative estimate of drug-likeness (QED) is 0.839. The summed E-state index contributed by atoms with van der Waals surface area (Å²) in [5.74, 6) is 0.777. The Morgan fingerprint density at radius 1 is 1.61 bits per heavy atom. The maximum absolute atomic E-state index is 12.1. The van der Waals surface area contributed by atoms with Crippen LogP contribution in [0.4, 0.5) is 0 Å². The Morgan fingerprint density at radius 2 is 2.44 bits per heavy atom. The van der Waals surface area contributed by atoms with Gasteiger partial charge in [0, 0.05) is 19.6 Å². The largest absolute Gasteiger partial charge is 0.341 e. The topological polar surface area (TPSA) is 77.0 Å². The fourth-order valence-corrected chi connectivity index (χ4v) is 2.37. The molecule has 1 fully saturated rings. The molecule has 6 heteroatoms. The van der Waals surface area contributed by atoms with Crippen molar-refractivity contribution >= 4 is 5.91 Å². The fraction of sp³-hybridized carbons (Fsp3) is 0.750. The summed E-state index contributed by atoms with van der Waals surface area (Å²) >= 11 is 0. The van der Waals surface area contributed by atoms with E-state index in [9.17, 15) is 4.79 Å². The van der Waals surface area contributed by atoms with E-state index in [1.807, 2.05) is 4.90 Å². The van der Waals surface area contributed by atoms with E-state index >= 15 is 0 Å². The number of carbonyl (C=O) groups excluding carboxylic acids is 1. The van der Waals surface area contributed by atoms with Crippen LogP contribution < -0.4 is 5.73 Å². The number of carbonyl (C=O) groups is 1. The monoisotopic (exact) mass is 251 g/mol. The number of rotatable bonds is 4. The van der Waals surface area contributed by atoms with Crippen LogP contribution in [0.5, 0.6) is 0 Å². The summed E-state index contributed by atoms with van der Waals surface area (Å²) < 4.78 is 1.57. The van der Waals surface area contributed by atoms with Crippen LogP contribution in [-0.2, 0) is 17.9 Å². The van der Waals surface area contributed by atoms with Gasteiger partial charge in [0.05, 0.1) is 11.9 Å². The van der Waals surface area contributed by atoms with Gasteiger partial charge in [0.15, 0.2) is 0 Å². The number of nitrogens with two attached hydrogens (primary N) is 1. The number of hydrogen-bond donors (Lipinski definition) is 1. The van der Waals surface area contributed by atoms with E-state index in [1.54, 1.807) is 10.9 Å². The van der Waals surface area contributed by atoms with Crippen molar-refractivity contribution < 1.29 is 4.79 Å². The Morgan fingerprint density at radius 3 is 3.11 bits per heavy atom. The molecule has 2 rings (SSSR count). The van der Waals surface area contributed by atoms with E-state index in [4.69, 9.17) is 5.73 Å². The van der Waals surface area contributed by atoms with E-state index in [0.29, 0.717) is 18.2 Å². The maximum atomic E-state index is 12.1. The summed E-state index contributed by atoms with van der Waals surface area (Å²) in [6.07, 6.45) is 5.22. The second-order valence-electron chi connectivity index (χ2n) is 4.87. The van der Waals surface area contributed by atoms with E-state index in [1.165, 1.54) is 6.42 Å². The van der Waals surface area contributed by atoms with E-state index in [2.05, 4.69) is 17.2 Å². The van der Waals surface area contributed by atoms with Crippen LogP contribution in [0.15, 0.2) is 6.20 Å². The number of piperidine rings is 1. The molecule has 1 saturated heterocycles. The number of amides is 1. The van der Waals surface area contributed by atoms with Gasteiger partial charge < -0.3 is 10.6 Å². The summed E-state index contributed by atoms with van der Waals surface area (Å²) in [5, 5.41) is 7.78. The van der Waals surface area contributed by atoms with Crippen LogP contribution in [0.25, 0.3) is 0 Å². The molecule has 1 atom stereocenters. The number of aromatic nitrogens is 3. The van der Waals surface area contributed by atoms with Crippen molar-refractivity contribution in [1.82, 2.24) is 19.9 Å². The molecule has 0 aliphatic carbocycles. The van der Waals surface area contributed by atoms with Crippen molar-refractivity contribution in [3.05, 3.63) is 11.9 Å². The average Bonchev–Trinajstić information content (AvgIpc) is 2.86. The van der Waals surface area contributed by atoms with Gasteiger partial charge in [0.2, 0.25) is 5.91 Å². The molecule has 1 aliphatic heterocycles. The van der Waals surface area contributed by atoms with Crippen LogP contribution in [0.1, 0.15) is 31.9 Å². The van der Waals surface area contributed by atoms with Crippen LogP contribution in [0.3, 0.4) is 0 Å². The van der Waals surface area contributed by atoms with Crippen LogP contribution >= 0.6 is 0 Å². The molecule has 6 nitrogen and oxygen atoms in total. The molecule has 1 aliphatic rings. The predicted molar refractivity (Wildman–Crippen MR) is 67.5 cm³/mol. The first-order valence-corrected chi connectivity index (χ1v) is 6.59. The minimum atomic E-state index is 0.127. The first kappa shape index (κ1) is 13.0. The van der Waals surface area contributed by atoms with Crippen molar-refractivity contribution in [3.8, 4) is 0 Å². The predicted octanol–water partition coefficient (Wildman–Crippen LogP) is 0.385. The van der Waals surface area contributed by atoms with Crippen molar-refractivity contribution in [2.45, 2.75) is 39.3 Å². The highest BCUT2D eigenvalue weighted by molar-refractivity contribution is 5.76. The Hall–Kier alpha value is -1.43. The minimum absolute atomic E-state index is 0.127. The van der Waals surface area contributed by atoms with Crippen LogP contribution in [0.2, 0.25) is 0 Å². The normalized spacial score (nSPS) is 20.1. The Bertz CT molecular complexity index is 403. The second kappa shape index (κ2) is 5.95. The van der Waals surface area contributed by atoms with Gasteiger partial charge in [-0.05, 0) is 18.8 Å². The molecule has 0 saturated carbocycles. The smallest absolute Gasteiger partial charge is 0.244 e. The standard InChI is InChI=1S/C12H21N5O/c1-2-10-4-3-5-16(7-10)12(18)9-17-8-11(6-13)14-15-17/h8,10H,2-7,9,13H2,1H3. The molecular formula is C12H21N5O. The van der Waals surface area contributed by atoms with E-state index < -0.39 is 0 Å². The van der Waals surface area contributed by atoms with E-state index in [0.717, 1.165) is 25.9 Å². The molecule has 2 heterocycles. The molecule has 18 heavy (non-hydrogen) atoms. The second-order valence-corrected chi connectivity index (χ2v) is 4.87. The molecule has 0 aromatic carbocycles. The van der Waals surface area contributed by atoms with Gasteiger partial charge in [-0.3, -0.25) is 4.79 Å². The van der Waals surface area contributed by atoms with Gasteiger partial charge in [-0.25, -0.2) is 4.68 Å². The average molecular weight is 251 g/mol. The summed E-state index contributed by atoms with van der Waals surface area (Å²) in [5.41, 5.74) is 6.18. The highest BCUT2D eigenvalue weighted by atomic mass is 16.2. The van der Waals surface area contributed by atoms with Crippen LogP contribution in [-0.4, -0.2) is 38.9 Å². The summed E-state index contributed by atoms with van der Waals surface area (Å²) in [6, 6.07) is 0. The lowest BCUT2D eigenvalue weighted by atomic mass is 9.96. The molecular weight excluding hydrogens is 230 g/mol. The van der Waals surface area contributed by atoms with Gasteiger partial charge >= 0.3 is 0 Å². The molecule has 2 N–H and O–H groups in total. The summed E-state index contributed by atoms with van der Waals surface area (Å²) in [6.45, 7) is 4.56. The van der Waals surface area contributed by atoms with Crippen molar-refractivity contribution in [2.24, 2.45) is 11.7 Å². The third-order valence-corrected chi connectivity index (χ3v) is 3.54. The number of likely N-dealkylation sites (tertiary alicyclic amines) is 1. The Labute approximate surface area is 107 Å². The highest BCUT2D eigenvalue weighted by Crippen LogP contribution is 2.19. The van der Waals surface area contributed by atoms with Crippen molar-refractivity contribution in [3.63, 3.8) is 0 Å². The summed E-state index contributed by atoms with van der Waals surface area (Å²) in [4.78, 5) is 14.1. The Balaban J connectivity index is 1.90. The zero-order chi connectivity index (χ0) is 13.0. The van der Waals surface area contributed by atoms with Gasteiger partial charge in [-0.1, -0.05) is 18.6 Å². The first-order chi connectivity index (χ1) is 8.72. The van der Waals surface area contributed by atoms with E-state index in [-0.39, 0.29) is 12.5 Å². The van der Waals surface area contributed by atoms with Crippen molar-refractivity contribution in [2.75, 3.05) is 13.1 Å². The van der Waals surface area contributed by atoms with Crippen LogP contribution in [0, 0.1) is 5.92 Å². The lowest BCUT2D eigenvalue weighted by Gasteiger charge is -2.32. The molecule has 100 valence electrons. The highest BCUT2D eigenvalue weighted by Gasteiger charge is 2.22. The molecule has 1 aromatic heterocycles. The molecule has 0 bridgehead atoms. The lowest BCUT2D eigenvalue weighted by Crippen LogP contribution is -2.41. The molecule has 0 spiro atoms. The number of hydrogen-bond acceptors (Lipinski definition) is 4. The summed E-state index contributed by atoms with van der Waals surface area (Å²) in [7, 11) is 0. The third kappa shape index (κ3) is 3.07. The van der Waals surface area contributed by atoms with Crippen molar-refractivity contribution in [1.29, 1.82) is 0 Å². The molecule has 0 radical (unpaired) electrons. The zero-order valence-electron chi connectivity index (χ0n) is 10.9. The SMILES string of the molecule is CCC1CCCN(C(=O)Cn2cc(CN)nn2)C1. The lowest BCUT2D eigenvalue weighted by molar-refractivity contribution is -0.133. The molecule has 1 aromatic rings. The van der Waals surface area contributed by atoms with Gasteiger partial charge in [-0.15, -0.1) is 5.10 Å². The van der Waals surface area contributed by atoms with Gasteiger partial charge in [0.25, 0.3) is 0 Å². The minimum Gasteiger partial charge on any atom is -0.341 e. The van der Waals surface area contributed by atoms with Gasteiger partial charge in [0.1, 0.15) is 6.54 Å². The Kier molecular flexibility index (Phi) is 4.30. The maximum Gasteiger partial charge on any atom is 0.244 e. The molecule has 1 amide bonds. The fourth-order valence-electron chi connectivity index (χ4n) is 2.37. The number of nitrogens with zero attached hydrogens (tertiary/aromatic N) is 4. The zero-order valence-corrected chi connectivity index (χ0v) is 10.9. The third-order valence-electron chi connectivity index (χ3n) is 3.54. The first-order valence-electron chi connectivity index (χ1n) is 6.59.